The van der Waals surface area contributed by atoms with E-state index in [1.54, 1.807) is 20.4 Å². The molecule has 0 amide bonds. The van der Waals surface area contributed by atoms with Crippen LogP contribution < -0.4 is 19.5 Å². The molecule has 0 aliphatic heterocycles. The highest BCUT2D eigenvalue weighted by atomic mass is 16.5. The highest BCUT2D eigenvalue weighted by Crippen LogP contribution is 2.26. The Bertz CT molecular complexity index is 587. The summed E-state index contributed by atoms with van der Waals surface area (Å²) in [5.41, 5.74) is 1.97. The number of nitrogens with zero attached hydrogens (tertiary/aromatic N) is 1. The fraction of sp³-hybridized carbons (Fsp3) is 0.312. The van der Waals surface area contributed by atoms with Gasteiger partial charge in [-0.3, -0.25) is 0 Å². The molecule has 21 heavy (non-hydrogen) atoms. The number of ether oxygens (including phenoxy) is 3. The molecule has 0 unspecified atom stereocenters. The van der Waals surface area contributed by atoms with E-state index in [0.29, 0.717) is 12.5 Å². The van der Waals surface area contributed by atoms with Gasteiger partial charge in [0.2, 0.25) is 5.88 Å². The van der Waals surface area contributed by atoms with Gasteiger partial charge in [-0.1, -0.05) is 6.07 Å². The van der Waals surface area contributed by atoms with Crippen LogP contribution in [0, 0.1) is 0 Å². The van der Waals surface area contributed by atoms with Gasteiger partial charge in [-0.25, -0.2) is 4.98 Å². The van der Waals surface area contributed by atoms with Crippen LogP contribution in [-0.4, -0.2) is 26.3 Å². The monoisotopic (exact) mass is 288 g/mol. The second kappa shape index (κ2) is 7.50. The maximum absolute atomic E-state index is 5.92. The van der Waals surface area contributed by atoms with Crippen LogP contribution >= 0.6 is 0 Å². The Labute approximate surface area is 124 Å². The van der Waals surface area contributed by atoms with Crippen molar-refractivity contribution in [2.75, 3.05) is 21.3 Å². The van der Waals surface area contributed by atoms with Gasteiger partial charge in [0.15, 0.2) is 0 Å². The van der Waals surface area contributed by atoms with E-state index in [2.05, 4.69) is 10.3 Å². The van der Waals surface area contributed by atoms with Crippen LogP contribution in [-0.2, 0) is 13.2 Å². The Balaban J connectivity index is 2.18. The van der Waals surface area contributed by atoms with E-state index in [-0.39, 0.29) is 0 Å². The Kier molecular flexibility index (Phi) is 5.40. The first-order valence-corrected chi connectivity index (χ1v) is 6.70. The molecule has 0 radical (unpaired) electrons. The van der Waals surface area contributed by atoms with Crippen LogP contribution in [0.15, 0.2) is 36.5 Å². The molecule has 0 aliphatic carbocycles. The van der Waals surface area contributed by atoms with Crippen LogP contribution in [0.25, 0.3) is 0 Å². The minimum absolute atomic E-state index is 0.390. The summed E-state index contributed by atoms with van der Waals surface area (Å²) in [4.78, 5) is 4.16. The molecule has 0 fully saturated rings. The zero-order valence-electron chi connectivity index (χ0n) is 12.6. The summed E-state index contributed by atoms with van der Waals surface area (Å²) >= 11 is 0. The Morgan fingerprint density at radius 1 is 1.10 bits per heavy atom. The molecule has 0 spiro atoms. The van der Waals surface area contributed by atoms with E-state index in [0.717, 1.165) is 29.2 Å². The number of aromatic nitrogens is 1. The zero-order valence-corrected chi connectivity index (χ0v) is 12.6. The molecule has 0 saturated heterocycles. The largest absolute Gasteiger partial charge is 0.497 e. The van der Waals surface area contributed by atoms with Crippen molar-refractivity contribution in [1.82, 2.24) is 10.3 Å². The number of pyridine rings is 1. The van der Waals surface area contributed by atoms with Gasteiger partial charge in [0.25, 0.3) is 0 Å². The molecule has 5 nitrogen and oxygen atoms in total. The Hall–Kier alpha value is -2.27. The molecule has 2 aromatic rings. The van der Waals surface area contributed by atoms with Crippen LogP contribution in [0.1, 0.15) is 11.1 Å². The lowest BCUT2D eigenvalue weighted by Gasteiger charge is -2.14. The van der Waals surface area contributed by atoms with Crippen molar-refractivity contribution in [2.24, 2.45) is 0 Å². The van der Waals surface area contributed by atoms with E-state index >= 15 is 0 Å². The quantitative estimate of drug-likeness (QED) is 0.848. The highest BCUT2D eigenvalue weighted by molar-refractivity contribution is 5.41. The van der Waals surface area contributed by atoms with Gasteiger partial charge < -0.3 is 19.5 Å². The summed E-state index contributed by atoms with van der Waals surface area (Å²) in [5, 5.41) is 3.12. The van der Waals surface area contributed by atoms with E-state index in [9.17, 15) is 0 Å². The van der Waals surface area contributed by atoms with E-state index in [1.807, 2.05) is 37.4 Å². The third-order valence-electron chi connectivity index (χ3n) is 3.07. The van der Waals surface area contributed by atoms with Crippen molar-refractivity contribution < 1.29 is 14.2 Å². The standard InChI is InChI=1S/C16H20N2O3/c1-17-10-12-6-7-14(19-2)9-15(12)21-11-13-5-4-8-18-16(13)20-3/h4-9,17H,10-11H2,1-3H3. The van der Waals surface area contributed by atoms with E-state index in [1.165, 1.54) is 0 Å². The van der Waals surface area contributed by atoms with Crippen molar-refractivity contribution in [1.29, 1.82) is 0 Å². The summed E-state index contributed by atoms with van der Waals surface area (Å²) in [7, 11) is 5.14. The van der Waals surface area contributed by atoms with Gasteiger partial charge in [-0.15, -0.1) is 0 Å². The maximum atomic E-state index is 5.92. The van der Waals surface area contributed by atoms with Gasteiger partial charge in [-0.2, -0.15) is 0 Å². The fourth-order valence-electron chi connectivity index (χ4n) is 2.01. The summed E-state index contributed by atoms with van der Waals surface area (Å²) in [5.74, 6) is 2.13. The average molecular weight is 288 g/mol. The van der Waals surface area contributed by atoms with E-state index in [4.69, 9.17) is 14.2 Å². The lowest BCUT2D eigenvalue weighted by Crippen LogP contribution is -2.08. The van der Waals surface area contributed by atoms with Crippen LogP contribution in [0.3, 0.4) is 0 Å². The zero-order chi connectivity index (χ0) is 15.1. The number of hydrogen-bond acceptors (Lipinski definition) is 5. The molecule has 0 aliphatic rings. The molecular weight excluding hydrogens is 268 g/mol. The number of rotatable bonds is 7. The first-order chi connectivity index (χ1) is 10.3. The van der Waals surface area contributed by atoms with Gasteiger partial charge in [0, 0.05) is 24.4 Å². The van der Waals surface area contributed by atoms with Crippen molar-refractivity contribution in [3.63, 3.8) is 0 Å². The number of benzene rings is 1. The van der Waals surface area contributed by atoms with Crippen LogP contribution in [0.2, 0.25) is 0 Å². The molecule has 2 rings (SSSR count). The molecule has 1 aromatic heterocycles. The molecule has 1 aromatic carbocycles. The molecule has 1 N–H and O–H groups in total. The predicted octanol–water partition coefficient (Wildman–Crippen LogP) is 2.40. The third kappa shape index (κ3) is 3.86. The highest BCUT2D eigenvalue weighted by Gasteiger charge is 2.08. The summed E-state index contributed by atoms with van der Waals surface area (Å²) in [6, 6.07) is 9.59. The molecule has 0 atom stereocenters. The lowest BCUT2D eigenvalue weighted by molar-refractivity contribution is 0.288. The fourth-order valence-corrected chi connectivity index (χ4v) is 2.01. The molecule has 1 heterocycles. The van der Waals surface area contributed by atoms with Gasteiger partial charge in [0.1, 0.15) is 18.1 Å². The summed E-state index contributed by atoms with van der Waals surface area (Å²) in [6.45, 7) is 1.12. The summed E-state index contributed by atoms with van der Waals surface area (Å²) in [6.07, 6.45) is 1.69. The third-order valence-corrected chi connectivity index (χ3v) is 3.07. The number of nitrogens with one attached hydrogen (secondary N) is 1. The number of methoxy groups -OCH3 is 2. The Morgan fingerprint density at radius 2 is 1.95 bits per heavy atom. The maximum Gasteiger partial charge on any atom is 0.219 e. The van der Waals surface area contributed by atoms with Crippen LogP contribution in [0.5, 0.6) is 17.4 Å². The second-order valence-electron chi connectivity index (χ2n) is 4.46. The van der Waals surface area contributed by atoms with Gasteiger partial charge >= 0.3 is 0 Å². The Morgan fingerprint density at radius 3 is 2.67 bits per heavy atom. The number of hydrogen-bond donors (Lipinski definition) is 1. The average Bonchev–Trinajstić information content (AvgIpc) is 2.54. The minimum atomic E-state index is 0.390. The molecule has 5 heteroatoms. The van der Waals surface area contributed by atoms with Crippen molar-refractivity contribution in [2.45, 2.75) is 13.2 Å². The normalized spacial score (nSPS) is 10.2. The SMILES string of the molecule is CNCc1ccc(OC)cc1OCc1cccnc1OC. The van der Waals surface area contributed by atoms with Crippen molar-refractivity contribution in [3.05, 3.63) is 47.7 Å². The van der Waals surface area contributed by atoms with Crippen molar-refractivity contribution in [3.8, 4) is 17.4 Å². The first kappa shape index (κ1) is 15.1. The topological polar surface area (TPSA) is 52.6 Å². The van der Waals surface area contributed by atoms with Crippen LogP contribution in [0.4, 0.5) is 0 Å². The van der Waals surface area contributed by atoms with Gasteiger partial charge in [-0.05, 0) is 25.2 Å². The lowest BCUT2D eigenvalue weighted by atomic mass is 10.2. The minimum Gasteiger partial charge on any atom is -0.497 e. The van der Waals surface area contributed by atoms with Gasteiger partial charge in [0.05, 0.1) is 19.8 Å². The second-order valence-corrected chi connectivity index (χ2v) is 4.46. The smallest absolute Gasteiger partial charge is 0.219 e. The molecule has 112 valence electrons. The summed E-state index contributed by atoms with van der Waals surface area (Å²) < 4.78 is 16.4. The molecule has 0 bridgehead atoms. The first-order valence-electron chi connectivity index (χ1n) is 6.70. The van der Waals surface area contributed by atoms with Crippen molar-refractivity contribution >= 4 is 0 Å². The molecular formula is C16H20N2O3. The predicted molar refractivity (Wildman–Crippen MR) is 80.9 cm³/mol. The van der Waals surface area contributed by atoms with E-state index < -0.39 is 0 Å². The molecule has 0 saturated carbocycles.